The van der Waals surface area contributed by atoms with Gasteiger partial charge in [0.1, 0.15) is 6.10 Å². The first kappa shape index (κ1) is 40.0. The normalized spacial score (nSPS) is 23.6. The van der Waals surface area contributed by atoms with Crippen LogP contribution in [-0.2, 0) is 14.3 Å². The molecule has 1 saturated heterocycles. The van der Waals surface area contributed by atoms with Gasteiger partial charge >= 0.3 is 12.0 Å². The minimum absolute atomic E-state index is 0.125. The molecule has 0 aromatic carbocycles. The van der Waals surface area contributed by atoms with Crippen molar-refractivity contribution in [3.8, 4) is 0 Å². The number of nitrogens with one attached hydrogen (secondary N) is 3. The number of ether oxygens (including phenoxy) is 2. The number of Topliss-reactive ketones (excluding diaryl/α,β-unsaturated/α-hetero) is 1. The van der Waals surface area contributed by atoms with Crippen molar-refractivity contribution in [2.75, 3.05) is 6.61 Å². The summed E-state index contributed by atoms with van der Waals surface area (Å²) in [5.74, 6) is -1.86. The molecule has 9 heteroatoms. The first-order chi connectivity index (χ1) is 22.7. The van der Waals surface area contributed by atoms with Crippen molar-refractivity contribution in [3.63, 3.8) is 0 Å². The zero-order valence-corrected chi connectivity index (χ0v) is 31.1. The average molecular weight is 674 g/mol. The molecule has 0 bridgehead atoms. The first-order valence-corrected chi connectivity index (χ1v) is 19.1. The van der Waals surface area contributed by atoms with Gasteiger partial charge in [0, 0.05) is 40.9 Å². The number of carbonyl (C=O) groups is 3. The lowest BCUT2D eigenvalue weighted by Gasteiger charge is -2.45. The van der Waals surface area contributed by atoms with E-state index in [1.807, 2.05) is 27.7 Å². The van der Waals surface area contributed by atoms with Crippen molar-refractivity contribution in [1.29, 1.82) is 0 Å². The highest BCUT2D eigenvalue weighted by Crippen LogP contribution is 2.41. The van der Waals surface area contributed by atoms with Crippen LogP contribution in [0.15, 0.2) is 12.3 Å². The summed E-state index contributed by atoms with van der Waals surface area (Å²) in [6.07, 6.45) is 16.7. The van der Waals surface area contributed by atoms with Gasteiger partial charge in [0.05, 0.1) is 13.0 Å². The minimum atomic E-state index is -0.923. The van der Waals surface area contributed by atoms with Crippen molar-refractivity contribution in [1.82, 2.24) is 15.6 Å². The monoisotopic (exact) mass is 674 g/mol. The molecule has 3 rings (SSSR count). The predicted molar refractivity (Wildman–Crippen MR) is 191 cm³/mol. The average Bonchev–Trinajstić information content (AvgIpc) is 3.39. The molecule has 0 radical (unpaired) electrons. The summed E-state index contributed by atoms with van der Waals surface area (Å²) in [6.45, 7) is 14.6. The molecule has 1 aromatic heterocycles. The van der Waals surface area contributed by atoms with Crippen LogP contribution in [-0.4, -0.2) is 58.5 Å². The Labute approximate surface area is 290 Å². The van der Waals surface area contributed by atoms with Gasteiger partial charge in [-0.1, -0.05) is 105 Å². The second kappa shape index (κ2) is 19.1. The molecule has 2 aliphatic rings. The molecule has 2 amide bonds. The maximum atomic E-state index is 14.2. The van der Waals surface area contributed by atoms with Gasteiger partial charge in [-0.05, 0) is 57.4 Å². The van der Waals surface area contributed by atoms with E-state index < -0.39 is 29.2 Å². The highest BCUT2D eigenvalue weighted by atomic mass is 16.7. The molecule has 5 unspecified atom stereocenters. The molecule has 2 heterocycles. The number of amides is 2. The van der Waals surface area contributed by atoms with E-state index in [4.69, 9.17) is 9.47 Å². The lowest BCUT2D eigenvalue weighted by Crippen LogP contribution is -2.53. The van der Waals surface area contributed by atoms with Crippen molar-refractivity contribution in [2.45, 2.75) is 181 Å². The molecule has 0 spiro atoms. The Morgan fingerprint density at radius 2 is 1.62 bits per heavy atom. The van der Waals surface area contributed by atoms with Gasteiger partial charge in [0.25, 0.3) is 0 Å². The van der Waals surface area contributed by atoms with E-state index in [0.29, 0.717) is 17.9 Å². The van der Waals surface area contributed by atoms with E-state index in [2.05, 4.69) is 36.4 Å². The van der Waals surface area contributed by atoms with Crippen LogP contribution in [0.25, 0.3) is 0 Å². The fourth-order valence-electron chi connectivity index (χ4n) is 7.64. The molecule has 1 aromatic rings. The summed E-state index contributed by atoms with van der Waals surface area (Å²) in [5, 5.41) is 16.8. The van der Waals surface area contributed by atoms with Gasteiger partial charge in [-0.3, -0.25) is 9.59 Å². The second-order valence-corrected chi connectivity index (χ2v) is 16.2. The number of hydrogen-bond donors (Lipinski definition) is 4. The minimum Gasteiger partial charge on any atom is -0.481 e. The number of rotatable bonds is 19. The summed E-state index contributed by atoms with van der Waals surface area (Å²) in [6, 6.07) is 1.51. The van der Waals surface area contributed by atoms with Crippen molar-refractivity contribution >= 4 is 17.8 Å². The number of unbranched alkanes of at least 4 members (excludes halogenated alkanes) is 5. The van der Waals surface area contributed by atoms with Gasteiger partial charge in [0.2, 0.25) is 0 Å². The first-order valence-electron chi connectivity index (χ1n) is 19.1. The Morgan fingerprint density at radius 1 is 0.958 bits per heavy atom. The van der Waals surface area contributed by atoms with Gasteiger partial charge < -0.3 is 30.2 Å². The van der Waals surface area contributed by atoms with Crippen LogP contribution in [0.4, 0.5) is 4.79 Å². The molecule has 48 heavy (non-hydrogen) atoms. The number of aromatic amines is 1. The number of ketones is 1. The Balaban J connectivity index is 1.78. The number of aromatic nitrogens is 1. The summed E-state index contributed by atoms with van der Waals surface area (Å²) < 4.78 is 12.1. The molecule has 1 aliphatic heterocycles. The van der Waals surface area contributed by atoms with Gasteiger partial charge in [-0.25, -0.2) is 4.79 Å². The molecule has 5 atom stereocenters. The summed E-state index contributed by atoms with van der Waals surface area (Å²) >= 11 is 0. The predicted octanol–water partition coefficient (Wildman–Crippen LogP) is 9.13. The zero-order valence-electron chi connectivity index (χ0n) is 31.1. The van der Waals surface area contributed by atoms with Crippen molar-refractivity contribution < 1.29 is 29.0 Å². The number of carboxylic acids is 1. The zero-order chi connectivity index (χ0) is 35.3. The molecular formula is C39H67N3O6. The number of carboxylic acid groups (broad SMARTS) is 1. The highest BCUT2D eigenvalue weighted by molar-refractivity contribution is 6.01. The summed E-state index contributed by atoms with van der Waals surface area (Å²) in [5.41, 5.74) is 0.532. The third-order valence-corrected chi connectivity index (χ3v) is 10.4. The van der Waals surface area contributed by atoms with Crippen LogP contribution < -0.4 is 10.6 Å². The number of H-pyrrole nitrogens is 1. The van der Waals surface area contributed by atoms with E-state index in [-0.39, 0.29) is 36.2 Å². The third-order valence-electron chi connectivity index (χ3n) is 10.4. The molecule has 1 saturated carbocycles. The van der Waals surface area contributed by atoms with Crippen LogP contribution in [0.5, 0.6) is 0 Å². The fraction of sp³-hybridized carbons (Fsp3) is 0.821. The standard InChI is InChI=1S/C39H67N3O6/c1-8-9-13-19-28(20-15-11-10-14-18-27(2)3)41-37(46)42-32-22-17-12-16-21-29(32)31(25-33(43)44)34-30(23-24-40-34)35(45)36-38(4,5)26-47-39(6,7)48-36/h23-24,27-29,31-32,36,40H,8-22,25-26H2,1-7H3,(H,43,44)(H2,41,42,46). The van der Waals surface area contributed by atoms with Gasteiger partial charge in [0.15, 0.2) is 11.6 Å². The Morgan fingerprint density at radius 3 is 2.29 bits per heavy atom. The quantitative estimate of drug-likeness (QED) is 0.0658. The second-order valence-electron chi connectivity index (χ2n) is 16.2. The van der Waals surface area contributed by atoms with E-state index in [1.54, 1.807) is 12.3 Å². The van der Waals surface area contributed by atoms with Crippen LogP contribution >= 0.6 is 0 Å². The molecule has 1 aliphatic carbocycles. The van der Waals surface area contributed by atoms with Crippen LogP contribution in [0.3, 0.4) is 0 Å². The van der Waals surface area contributed by atoms with Crippen LogP contribution in [0.2, 0.25) is 0 Å². The Hall–Kier alpha value is -2.39. The molecule has 274 valence electrons. The van der Waals surface area contributed by atoms with E-state index in [0.717, 1.165) is 76.5 Å². The topological polar surface area (TPSA) is 130 Å². The number of carbonyl (C=O) groups excluding carboxylic acids is 2. The SMILES string of the molecule is CCCCCC(CCCCCCC(C)C)NC(=O)NC1CCCCCC1C(CC(=O)O)c1[nH]ccc1C(=O)C1OC(C)(C)OCC1(C)C. The van der Waals surface area contributed by atoms with E-state index >= 15 is 0 Å². The lowest BCUT2D eigenvalue weighted by molar-refractivity contribution is -0.298. The fourth-order valence-corrected chi connectivity index (χ4v) is 7.64. The molecule has 4 N–H and O–H groups in total. The van der Waals surface area contributed by atoms with E-state index in [9.17, 15) is 19.5 Å². The van der Waals surface area contributed by atoms with E-state index in [1.165, 1.54) is 25.7 Å². The highest BCUT2D eigenvalue weighted by Gasteiger charge is 2.47. The maximum absolute atomic E-state index is 14.2. The molecule has 2 fully saturated rings. The van der Waals surface area contributed by atoms with Crippen LogP contribution in [0.1, 0.15) is 173 Å². The number of urea groups is 1. The Bertz CT molecular complexity index is 1140. The molecular weight excluding hydrogens is 606 g/mol. The van der Waals surface area contributed by atoms with Gasteiger partial charge in [-0.15, -0.1) is 0 Å². The maximum Gasteiger partial charge on any atom is 0.315 e. The lowest BCUT2D eigenvalue weighted by atomic mass is 9.76. The van der Waals surface area contributed by atoms with Crippen molar-refractivity contribution in [3.05, 3.63) is 23.5 Å². The van der Waals surface area contributed by atoms with Crippen molar-refractivity contribution in [2.24, 2.45) is 17.3 Å². The Kier molecular flexibility index (Phi) is 16.0. The van der Waals surface area contributed by atoms with Gasteiger partial charge in [-0.2, -0.15) is 0 Å². The van der Waals surface area contributed by atoms with Crippen LogP contribution in [0, 0.1) is 17.3 Å². The number of hydrogen-bond acceptors (Lipinski definition) is 5. The number of aliphatic carboxylic acids is 1. The summed E-state index contributed by atoms with van der Waals surface area (Å²) in [4.78, 5) is 43.4. The largest absolute Gasteiger partial charge is 0.481 e. The molecule has 9 nitrogen and oxygen atoms in total. The third kappa shape index (κ3) is 12.5. The summed E-state index contributed by atoms with van der Waals surface area (Å²) in [7, 11) is 0. The smallest absolute Gasteiger partial charge is 0.315 e.